The molecule has 0 aliphatic heterocycles. The lowest BCUT2D eigenvalue weighted by Crippen LogP contribution is -2.20. The lowest BCUT2D eigenvalue weighted by atomic mass is 9.86. The summed E-state index contributed by atoms with van der Waals surface area (Å²) < 4.78 is 1.79. The van der Waals surface area contributed by atoms with Crippen molar-refractivity contribution < 1.29 is 9.90 Å². The van der Waals surface area contributed by atoms with Crippen molar-refractivity contribution in [2.75, 3.05) is 11.1 Å². The Labute approximate surface area is 141 Å². The van der Waals surface area contributed by atoms with Crippen molar-refractivity contribution in [3.63, 3.8) is 0 Å². The second-order valence-corrected chi connectivity index (χ2v) is 7.32. The molecule has 23 heavy (non-hydrogen) atoms. The SMILES string of the molecule is Cn1c(CO)cnc1SCC(=O)Nc1ccccc1C(C)(C)C. The van der Waals surface area contributed by atoms with Crippen LogP contribution in [0, 0.1) is 0 Å². The number of aliphatic hydroxyl groups is 1. The maximum Gasteiger partial charge on any atom is 0.234 e. The Morgan fingerprint density at radius 3 is 2.65 bits per heavy atom. The Balaban J connectivity index is 2.02. The molecule has 0 atom stereocenters. The Hall–Kier alpha value is -1.79. The third-order valence-electron chi connectivity index (χ3n) is 3.55. The quantitative estimate of drug-likeness (QED) is 0.826. The molecule has 2 aromatic rings. The van der Waals surface area contributed by atoms with E-state index in [2.05, 4.69) is 31.1 Å². The summed E-state index contributed by atoms with van der Waals surface area (Å²) in [7, 11) is 1.83. The lowest BCUT2D eigenvalue weighted by Gasteiger charge is -2.22. The number of rotatable bonds is 5. The molecule has 1 aromatic carbocycles. The van der Waals surface area contributed by atoms with Crippen LogP contribution in [0.5, 0.6) is 0 Å². The largest absolute Gasteiger partial charge is 0.390 e. The van der Waals surface area contributed by atoms with E-state index in [0.717, 1.165) is 16.9 Å². The van der Waals surface area contributed by atoms with Gasteiger partial charge in [-0.3, -0.25) is 4.79 Å². The van der Waals surface area contributed by atoms with E-state index in [1.165, 1.54) is 11.8 Å². The fourth-order valence-corrected chi connectivity index (χ4v) is 3.04. The van der Waals surface area contributed by atoms with Crippen LogP contribution in [0.3, 0.4) is 0 Å². The van der Waals surface area contributed by atoms with Crippen LogP contribution >= 0.6 is 11.8 Å². The second-order valence-electron chi connectivity index (χ2n) is 6.38. The van der Waals surface area contributed by atoms with Crippen LogP contribution in [0.4, 0.5) is 5.69 Å². The van der Waals surface area contributed by atoms with E-state index in [1.54, 1.807) is 10.8 Å². The van der Waals surface area contributed by atoms with Gasteiger partial charge in [0.2, 0.25) is 5.91 Å². The van der Waals surface area contributed by atoms with Crippen LogP contribution < -0.4 is 5.32 Å². The first-order valence-corrected chi connectivity index (χ1v) is 8.45. The zero-order chi connectivity index (χ0) is 17.0. The number of hydrogen-bond acceptors (Lipinski definition) is 4. The highest BCUT2D eigenvalue weighted by molar-refractivity contribution is 7.99. The molecule has 5 nitrogen and oxygen atoms in total. The summed E-state index contributed by atoms with van der Waals surface area (Å²) in [6.45, 7) is 6.31. The molecular formula is C17H23N3O2S. The number of thioether (sulfide) groups is 1. The number of nitrogens with zero attached hydrogens (tertiary/aromatic N) is 2. The molecule has 0 bridgehead atoms. The molecule has 0 aliphatic carbocycles. The number of imidazole rings is 1. The number of carbonyl (C=O) groups is 1. The molecule has 0 aliphatic rings. The van der Waals surface area contributed by atoms with Gasteiger partial charge in [0.1, 0.15) is 0 Å². The van der Waals surface area contributed by atoms with Crippen molar-refractivity contribution in [2.45, 2.75) is 37.9 Å². The first-order valence-electron chi connectivity index (χ1n) is 7.46. The van der Waals surface area contributed by atoms with Gasteiger partial charge in [0, 0.05) is 12.7 Å². The zero-order valence-electron chi connectivity index (χ0n) is 14.0. The molecule has 6 heteroatoms. The number of carbonyl (C=O) groups excluding carboxylic acids is 1. The van der Waals surface area contributed by atoms with E-state index in [1.807, 2.05) is 31.3 Å². The number of para-hydroxylation sites is 1. The minimum Gasteiger partial charge on any atom is -0.390 e. The third kappa shape index (κ3) is 4.36. The van der Waals surface area contributed by atoms with Crippen LogP contribution in [-0.4, -0.2) is 26.3 Å². The van der Waals surface area contributed by atoms with E-state index in [-0.39, 0.29) is 23.7 Å². The molecule has 0 fully saturated rings. The van der Waals surface area contributed by atoms with Gasteiger partial charge in [0.05, 0.1) is 24.3 Å². The monoisotopic (exact) mass is 333 g/mol. The summed E-state index contributed by atoms with van der Waals surface area (Å²) in [6, 6.07) is 7.86. The summed E-state index contributed by atoms with van der Waals surface area (Å²) in [5.74, 6) is 0.203. The van der Waals surface area contributed by atoms with Gasteiger partial charge >= 0.3 is 0 Å². The van der Waals surface area contributed by atoms with Crippen LogP contribution in [0.25, 0.3) is 0 Å². The smallest absolute Gasteiger partial charge is 0.234 e. The van der Waals surface area contributed by atoms with Gasteiger partial charge in [-0.1, -0.05) is 50.7 Å². The number of benzene rings is 1. The topological polar surface area (TPSA) is 67.1 Å². The average molecular weight is 333 g/mol. The number of nitrogens with one attached hydrogen (secondary N) is 1. The molecule has 2 N–H and O–H groups in total. The van der Waals surface area contributed by atoms with Gasteiger partial charge in [0.15, 0.2) is 5.16 Å². The minimum atomic E-state index is -0.0692. The first-order chi connectivity index (χ1) is 10.8. The average Bonchev–Trinajstić information content (AvgIpc) is 2.85. The summed E-state index contributed by atoms with van der Waals surface area (Å²) >= 11 is 1.35. The Morgan fingerprint density at radius 2 is 2.04 bits per heavy atom. The normalized spacial score (nSPS) is 11.5. The van der Waals surface area contributed by atoms with Crippen LogP contribution in [0.2, 0.25) is 0 Å². The van der Waals surface area contributed by atoms with Gasteiger partial charge in [-0.15, -0.1) is 0 Å². The first kappa shape index (κ1) is 17.6. The Bertz CT molecular complexity index is 689. The lowest BCUT2D eigenvalue weighted by molar-refractivity contribution is -0.113. The number of amides is 1. The predicted octanol–water partition coefficient (Wildman–Crippen LogP) is 2.94. The van der Waals surface area contributed by atoms with Gasteiger partial charge in [-0.2, -0.15) is 0 Å². The summed E-state index contributed by atoms with van der Waals surface area (Å²) in [5.41, 5.74) is 2.65. The molecule has 124 valence electrons. The van der Waals surface area contributed by atoms with Crippen molar-refractivity contribution >= 4 is 23.4 Å². The third-order valence-corrected chi connectivity index (χ3v) is 4.59. The van der Waals surface area contributed by atoms with E-state index in [9.17, 15) is 4.79 Å². The summed E-state index contributed by atoms with van der Waals surface area (Å²) in [6.07, 6.45) is 1.62. The highest BCUT2D eigenvalue weighted by Crippen LogP contribution is 2.29. The number of aromatic nitrogens is 2. The van der Waals surface area contributed by atoms with E-state index in [4.69, 9.17) is 5.11 Å². The molecule has 0 radical (unpaired) electrons. The highest BCUT2D eigenvalue weighted by Gasteiger charge is 2.18. The molecule has 1 amide bonds. The van der Waals surface area contributed by atoms with E-state index in [0.29, 0.717) is 5.16 Å². The molecule has 1 aromatic heterocycles. The second kappa shape index (κ2) is 7.19. The zero-order valence-corrected chi connectivity index (χ0v) is 14.8. The fourth-order valence-electron chi connectivity index (χ4n) is 2.27. The van der Waals surface area contributed by atoms with Crippen LogP contribution in [-0.2, 0) is 23.9 Å². The molecule has 0 saturated carbocycles. The van der Waals surface area contributed by atoms with Crippen LogP contribution in [0.15, 0.2) is 35.6 Å². The molecule has 2 rings (SSSR count). The Kier molecular flexibility index (Phi) is 5.49. The van der Waals surface area contributed by atoms with Crippen LogP contribution in [0.1, 0.15) is 32.0 Å². The van der Waals surface area contributed by atoms with Crippen molar-refractivity contribution in [2.24, 2.45) is 7.05 Å². The van der Waals surface area contributed by atoms with Gasteiger partial charge < -0.3 is 15.0 Å². The summed E-state index contributed by atoms with van der Waals surface area (Å²) in [5, 5.41) is 12.9. The summed E-state index contributed by atoms with van der Waals surface area (Å²) in [4.78, 5) is 16.4. The van der Waals surface area contributed by atoms with Gasteiger partial charge in [0.25, 0.3) is 0 Å². The van der Waals surface area contributed by atoms with Gasteiger partial charge in [-0.05, 0) is 17.0 Å². The van der Waals surface area contributed by atoms with E-state index >= 15 is 0 Å². The molecule has 0 unspecified atom stereocenters. The standard InChI is InChI=1S/C17H23N3O2S/c1-17(2,3)13-7-5-6-8-14(13)19-15(22)11-23-16-18-9-12(10-21)20(16)4/h5-9,21H,10-11H2,1-4H3,(H,19,22). The maximum absolute atomic E-state index is 12.2. The van der Waals surface area contributed by atoms with Crippen molar-refractivity contribution in [1.29, 1.82) is 0 Å². The highest BCUT2D eigenvalue weighted by atomic mass is 32.2. The Morgan fingerprint density at radius 1 is 1.35 bits per heavy atom. The maximum atomic E-state index is 12.2. The molecule has 0 saturated heterocycles. The van der Waals surface area contributed by atoms with E-state index < -0.39 is 0 Å². The van der Waals surface area contributed by atoms with Crippen molar-refractivity contribution in [3.05, 3.63) is 41.7 Å². The minimum absolute atomic E-state index is 0.0350. The number of aliphatic hydroxyl groups excluding tert-OH is 1. The number of anilines is 1. The molecular weight excluding hydrogens is 310 g/mol. The predicted molar refractivity (Wildman–Crippen MR) is 93.6 cm³/mol. The van der Waals surface area contributed by atoms with Gasteiger partial charge in [-0.25, -0.2) is 4.98 Å². The molecule has 0 spiro atoms. The molecule has 1 heterocycles. The van der Waals surface area contributed by atoms with Crippen molar-refractivity contribution in [3.8, 4) is 0 Å². The number of hydrogen-bond donors (Lipinski definition) is 2. The fraction of sp³-hybridized carbons (Fsp3) is 0.412. The van der Waals surface area contributed by atoms with Crippen molar-refractivity contribution in [1.82, 2.24) is 9.55 Å².